The molecule has 0 saturated heterocycles. The average molecular weight is 187 g/mol. The highest BCUT2D eigenvalue weighted by molar-refractivity contribution is 4.53. The van der Waals surface area contributed by atoms with Crippen molar-refractivity contribution in [3.63, 3.8) is 0 Å². The zero-order valence-corrected chi connectivity index (χ0v) is 9.73. The monoisotopic (exact) mass is 187 g/mol. The minimum absolute atomic E-state index is 0. The van der Waals surface area contributed by atoms with Gasteiger partial charge >= 0.3 is 0 Å². The van der Waals surface area contributed by atoms with E-state index in [-0.39, 0.29) is 1.43 Å². The summed E-state index contributed by atoms with van der Waals surface area (Å²) in [7, 11) is 0. The maximum atomic E-state index is 3.45. The van der Waals surface area contributed by atoms with Crippen LogP contribution in [0.3, 0.4) is 0 Å². The standard InChI is InChI=1S/C12H27N.H2/c1-4-5-6-7-8-9-10-11-13-12(2)3;/h12-13H,4-11H2,1-3H3;1H. The molecule has 0 radical (unpaired) electrons. The molecule has 0 atom stereocenters. The highest BCUT2D eigenvalue weighted by Crippen LogP contribution is 2.06. The van der Waals surface area contributed by atoms with E-state index in [0.717, 1.165) is 0 Å². The van der Waals surface area contributed by atoms with Gasteiger partial charge in [0.25, 0.3) is 0 Å². The van der Waals surface area contributed by atoms with Gasteiger partial charge in [0.2, 0.25) is 0 Å². The molecule has 1 N–H and O–H groups in total. The van der Waals surface area contributed by atoms with E-state index >= 15 is 0 Å². The van der Waals surface area contributed by atoms with Gasteiger partial charge in [-0.05, 0) is 13.0 Å². The molecule has 1 nitrogen and oxygen atoms in total. The zero-order chi connectivity index (χ0) is 9.94. The van der Waals surface area contributed by atoms with Crippen LogP contribution in [0.5, 0.6) is 0 Å². The summed E-state index contributed by atoms with van der Waals surface area (Å²) in [5, 5.41) is 3.45. The lowest BCUT2D eigenvalue weighted by Crippen LogP contribution is -2.23. The molecule has 0 aliphatic carbocycles. The Morgan fingerprint density at radius 2 is 1.46 bits per heavy atom. The smallest absolute Gasteiger partial charge is 0.00103 e. The van der Waals surface area contributed by atoms with Crippen molar-refractivity contribution in [2.75, 3.05) is 6.54 Å². The Morgan fingerprint density at radius 1 is 0.923 bits per heavy atom. The van der Waals surface area contributed by atoms with Crippen LogP contribution in [-0.2, 0) is 0 Å². The van der Waals surface area contributed by atoms with Crippen molar-refractivity contribution in [3.8, 4) is 0 Å². The van der Waals surface area contributed by atoms with Crippen LogP contribution in [0.2, 0.25) is 0 Å². The van der Waals surface area contributed by atoms with Gasteiger partial charge < -0.3 is 5.32 Å². The molecular formula is C12H29N. The van der Waals surface area contributed by atoms with Crippen molar-refractivity contribution in [2.24, 2.45) is 0 Å². The van der Waals surface area contributed by atoms with E-state index in [2.05, 4.69) is 26.1 Å². The third-order valence-corrected chi connectivity index (χ3v) is 2.33. The maximum absolute atomic E-state index is 3.45. The van der Waals surface area contributed by atoms with Gasteiger partial charge in [-0.2, -0.15) is 0 Å². The van der Waals surface area contributed by atoms with Crippen LogP contribution in [0.15, 0.2) is 0 Å². The SMILES string of the molecule is CCCCCCCCCNC(C)C.[HH]. The first-order valence-electron chi connectivity index (χ1n) is 6.00. The maximum Gasteiger partial charge on any atom is 0.00103 e. The van der Waals surface area contributed by atoms with Gasteiger partial charge in [-0.15, -0.1) is 0 Å². The van der Waals surface area contributed by atoms with Crippen LogP contribution >= 0.6 is 0 Å². The molecule has 0 aromatic rings. The van der Waals surface area contributed by atoms with Gasteiger partial charge in [0.1, 0.15) is 0 Å². The summed E-state index contributed by atoms with van der Waals surface area (Å²) in [5.41, 5.74) is 0. The number of unbranched alkanes of at least 4 members (excludes halogenated alkanes) is 6. The quantitative estimate of drug-likeness (QED) is 0.538. The van der Waals surface area contributed by atoms with Crippen LogP contribution in [0, 0.1) is 0 Å². The third kappa shape index (κ3) is 12.0. The van der Waals surface area contributed by atoms with Crippen molar-refractivity contribution in [1.82, 2.24) is 5.32 Å². The summed E-state index contributed by atoms with van der Waals surface area (Å²) in [5.74, 6) is 0. The largest absolute Gasteiger partial charge is 0.315 e. The first kappa shape index (κ1) is 13.0. The van der Waals surface area contributed by atoms with Gasteiger partial charge in [0, 0.05) is 7.47 Å². The normalized spacial score (nSPS) is 11.1. The summed E-state index contributed by atoms with van der Waals surface area (Å²) in [6.07, 6.45) is 9.84. The second-order valence-electron chi connectivity index (χ2n) is 4.23. The van der Waals surface area contributed by atoms with Crippen molar-refractivity contribution in [3.05, 3.63) is 0 Å². The molecule has 0 rings (SSSR count). The second-order valence-corrected chi connectivity index (χ2v) is 4.23. The Hall–Kier alpha value is -0.0400. The van der Waals surface area contributed by atoms with Crippen LogP contribution in [-0.4, -0.2) is 12.6 Å². The first-order valence-corrected chi connectivity index (χ1v) is 6.00. The lowest BCUT2D eigenvalue weighted by atomic mass is 10.1. The molecular weight excluding hydrogens is 158 g/mol. The van der Waals surface area contributed by atoms with E-state index < -0.39 is 0 Å². The fourth-order valence-corrected chi connectivity index (χ4v) is 1.47. The summed E-state index contributed by atoms with van der Waals surface area (Å²) < 4.78 is 0. The summed E-state index contributed by atoms with van der Waals surface area (Å²) in [6, 6.07) is 0.653. The summed E-state index contributed by atoms with van der Waals surface area (Å²) >= 11 is 0. The Labute approximate surface area is 85.8 Å². The predicted molar refractivity (Wildman–Crippen MR) is 63.2 cm³/mol. The first-order chi connectivity index (χ1) is 6.27. The van der Waals surface area contributed by atoms with E-state index in [1.807, 2.05) is 0 Å². The van der Waals surface area contributed by atoms with Gasteiger partial charge in [-0.25, -0.2) is 0 Å². The van der Waals surface area contributed by atoms with Crippen molar-refractivity contribution in [2.45, 2.75) is 71.8 Å². The van der Waals surface area contributed by atoms with Gasteiger partial charge in [0.05, 0.1) is 0 Å². The molecule has 0 aliphatic rings. The number of rotatable bonds is 9. The van der Waals surface area contributed by atoms with Crippen LogP contribution in [0.1, 0.15) is 67.1 Å². The summed E-state index contributed by atoms with van der Waals surface area (Å²) in [4.78, 5) is 0. The van der Waals surface area contributed by atoms with Crippen molar-refractivity contribution >= 4 is 0 Å². The van der Waals surface area contributed by atoms with E-state index in [4.69, 9.17) is 0 Å². The lowest BCUT2D eigenvalue weighted by Gasteiger charge is -2.07. The lowest BCUT2D eigenvalue weighted by molar-refractivity contribution is 0.531. The van der Waals surface area contributed by atoms with E-state index in [1.165, 1.54) is 51.5 Å². The third-order valence-electron chi connectivity index (χ3n) is 2.33. The Balaban J connectivity index is 0. The molecule has 82 valence electrons. The van der Waals surface area contributed by atoms with Crippen LogP contribution < -0.4 is 5.32 Å². The van der Waals surface area contributed by atoms with Gasteiger partial charge in [0.15, 0.2) is 0 Å². The predicted octanol–water partition coefficient (Wildman–Crippen LogP) is 3.98. The van der Waals surface area contributed by atoms with Crippen LogP contribution in [0.25, 0.3) is 0 Å². The van der Waals surface area contributed by atoms with Crippen LogP contribution in [0.4, 0.5) is 0 Å². The molecule has 0 aromatic heterocycles. The Morgan fingerprint density at radius 3 is 2.00 bits per heavy atom. The molecule has 0 amide bonds. The zero-order valence-electron chi connectivity index (χ0n) is 9.73. The average Bonchev–Trinajstić information content (AvgIpc) is 2.09. The molecule has 0 bridgehead atoms. The molecule has 0 heterocycles. The topological polar surface area (TPSA) is 12.0 Å². The highest BCUT2D eigenvalue weighted by Gasteiger charge is 1.92. The van der Waals surface area contributed by atoms with E-state index in [9.17, 15) is 0 Å². The molecule has 1 heteroatoms. The van der Waals surface area contributed by atoms with E-state index in [0.29, 0.717) is 6.04 Å². The molecule has 0 aromatic carbocycles. The van der Waals surface area contributed by atoms with Gasteiger partial charge in [-0.1, -0.05) is 59.3 Å². The molecule has 0 aliphatic heterocycles. The highest BCUT2D eigenvalue weighted by atomic mass is 14.9. The minimum Gasteiger partial charge on any atom is -0.315 e. The summed E-state index contributed by atoms with van der Waals surface area (Å²) in [6.45, 7) is 7.89. The Kier molecular flexibility index (Phi) is 10.0. The van der Waals surface area contributed by atoms with Crippen molar-refractivity contribution in [1.29, 1.82) is 0 Å². The van der Waals surface area contributed by atoms with E-state index in [1.54, 1.807) is 0 Å². The molecule has 0 fully saturated rings. The number of hydrogen-bond acceptors (Lipinski definition) is 1. The fraction of sp³-hybridized carbons (Fsp3) is 1.00. The molecule has 0 saturated carbocycles. The van der Waals surface area contributed by atoms with Crippen molar-refractivity contribution < 1.29 is 1.43 Å². The molecule has 0 unspecified atom stereocenters. The minimum atomic E-state index is 0. The number of hydrogen-bond donors (Lipinski definition) is 1. The molecule has 0 spiro atoms. The van der Waals surface area contributed by atoms with Gasteiger partial charge in [-0.3, -0.25) is 0 Å². The fourth-order valence-electron chi connectivity index (χ4n) is 1.47. The Bertz CT molecular complexity index is 94.3. The number of nitrogens with one attached hydrogen (secondary N) is 1. The second kappa shape index (κ2) is 10.0. The molecule has 13 heavy (non-hydrogen) atoms.